The van der Waals surface area contributed by atoms with Crippen molar-refractivity contribution in [1.29, 1.82) is 0 Å². The summed E-state index contributed by atoms with van der Waals surface area (Å²) in [5.74, 6) is -0.271. The smallest absolute Gasteiger partial charge is 0.337 e. The third-order valence-electron chi connectivity index (χ3n) is 4.39. The van der Waals surface area contributed by atoms with Crippen LogP contribution in [0.25, 0.3) is 0 Å². The standard InChI is InChI=1S/C19H22N4O3/c1-26-18(25)13-7-9-15(10-8-13)21-17(24)16-11-12-20-19(23-16)22-14-5-3-2-4-6-14/h7-12,14H,2-6H2,1H3,(H,21,24)(H,20,22,23). The molecule has 0 bridgehead atoms. The van der Waals surface area contributed by atoms with Crippen molar-refractivity contribution in [2.45, 2.75) is 38.1 Å². The Morgan fingerprint density at radius 3 is 2.50 bits per heavy atom. The zero-order chi connectivity index (χ0) is 18.4. The van der Waals surface area contributed by atoms with Crippen LogP contribution in [0, 0.1) is 0 Å². The van der Waals surface area contributed by atoms with Crippen molar-refractivity contribution in [3.8, 4) is 0 Å². The number of ether oxygens (including phenoxy) is 1. The molecule has 26 heavy (non-hydrogen) atoms. The predicted molar refractivity (Wildman–Crippen MR) is 98.3 cm³/mol. The van der Waals surface area contributed by atoms with E-state index in [0.29, 0.717) is 23.2 Å². The normalized spacial score (nSPS) is 14.5. The van der Waals surface area contributed by atoms with Gasteiger partial charge in [-0.25, -0.2) is 14.8 Å². The fraction of sp³-hybridized carbons (Fsp3) is 0.368. The highest BCUT2D eigenvalue weighted by molar-refractivity contribution is 6.03. The lowest BCUT2D eigenvalue weighted by atomic mass is 9.96. The molecule has 7 heteroatoms. The SMILES string of the molecule is COC(=O)c1ccc(NC(=O)c2ccnc(NC3CCCCC3)n2)cc1. The van der Waals surface area contributed by atoms with E-state index < -0.39 is 5.97 Å². The molecule has 0 aliphatic heterocycles. The third-order valence-corrected chi connectivity index (χ3v) is 4.39. The largest absolute Gasteiger partial charge is 0.465 e. The average molecular weight is 354 g/mol. The number of amides is 1. The van der Waals surface area contributed by atoms with Crippen molar-refractivity contribution in [2.75, 3.05) is 17.7 Å². The summed E-state index contributed by atoms with van der Waals surface area (Å²) in [4.78, 5) is 32.4. The molecule has 0 spiro atoms. The zero-order valence-electron chi connectivity index (χ0n) is 14.7. The van der Waals surface area contributed by atoms with E-state index in [4.69, 9.17) is 0 Å². The number of esters is 1. The number of nitrogens with one attached hydrogen (secondary N) is 2. The van der Waals surface area contributed by atoms with E-state index in [0.717, 1.165) is 12.8 Å². The minimum Gasteiger partial charge on any atom is -0.465 e. The van der Waals surface area contributed by atoms with Crippen LogP contribution in [0.15, 0.2) is 36.5 Å². The van der Waals surface area contributed by atoms with Crippen LogP contribution in [0.5, 0.6) is 0 Å². The summed E-state index contributed by atoms with van der Waals surface area (Å²) < 4.78 is 4.65. The van der Waals surface area contributed by atoms with Crippen LogP contribution in [-0.2, 0) is 4.74 Å². The molecule has 0 atom stereocenters. The van der Waals surface area contributed by atoms with Crippen LogP contribution >= 0.6 is 0 Å². The van der Waals surface area contributed by atoms with E-state index in [9.17, 15) is 9.59 Å². The maximum absolute atomic E-state index is 12.4. The second-order valence-electron chi connectivity index (χ2n) is 6.27. The fourth-order valence-corrected chi connectivity index (χ4v) is 2.99. The second kappa shape index (κ2) is 8.42. The Morgan fingerprint density at radius 1 is 1.08 bits per heavy atom. The van der Waals surface area contributed by atoms with E-state index in [2.05, 4.69) is 25.3 Å². The molecular weight excluding hydrogens is 332 g/mol. The van der Waals surface area contributed by atoms with Gasteiger partial charge in [0.1, 0.15) is 5.69 Å². The molecule has 2 aromatic rings. The number of nitrogens with zero attached hydrogens (tertiary/aromatic N) is 2. The van der Waals surface area contributed by atoms with E-state index in [1.807, 2.05) is 0 Å². The van der Waals surface area contributed by atoms with Crippen molar-refractivity contribution in [3.05, 3.63) is 47.8 Å². The topological polar surface area (TPSA) is 93.2 Å². The maximum Gasteiger partial charge on any atom is 0.337 e. The molecular formula is C19H22N4O3. The average Bonchev–Trinajstić information content (AvgIpc) is 2.69. The molecule has 1 aromatic carbocycles. The molecule has 0 saturated heterocycles. The van der Waals surface area contributed by atoms with Gasteiger partial charge in [-0.1, -0.05) is 19.3 Å². The molecule has 1 aliphatic rings. The molecule has 1 heterocycles. The number of benzene rings is 1. The summed E-state index contributed by atoms with van der Waals surface area (Å²) in [5.41, 5.74) is 1.28. The summed E-state index contributed by atoms with van der Waals surface area (Å²) in [6.07, 6.45) is 7.47. The number of anilines is 2. The lowest BCUT2D eigenvalue weighted by molar-refractivity contribution is 0.0600. The quantitative estimate of drug-likeness (QED) is 0.801. The predicted octanol–water partition coefficient (Wildman–Crippen LogP) is 3.26. The number of hydrogen-bond donors (Lipinski definition) is 2. The molecule has 2 N–H and O–H groups in total. The van der Waals surface area contributed by atoms with E-state index in [1.165, 1.54) is 26.4 Å². The van der Waals surface area contributed by atoms with Gasteiger partial charge in [0.15, 0.2) is 0 Å². The van der Waals surface area contributed by atoms with Gasteiger partial charge in [-0.05, 0) is 43.2 Å². The lowest BCUT2D eigenvalue weighted by Gasteiger charge is -2.22. The lowest BCUT2D eigenvalue weighted by Crippen LogP contribution is -2.24. The molecule has 1 saturated carbocycles. The number of aromatic nitrogens is 2. The van der Waals surface area contributed by atoms with Crippen molar-refractivity contribution < 1.29 is 14.3 Å². The minimum atomic E-state index is -0.419. The molecule has 1 aromatic heterocycles. The second-order valence-corrected chi connectivity index (χ2v) is 6.27. The highest BCUT2D eigenvalue weighted by Gasteiger charge is 2.15. The molecule has 0 radical (unpaired) electrons. The van der Waals surface area contributed by atoms with Crippen LogP contribution < -0.4 is 10.6 Å². The fourth-order valence-electron chi connectivity index (χ4n) is 2.99. The molecule has 1 fully saturated rings. The Bertz CT molecular complexity index is 771. The third kappa shape index (κ3) is 4.56. The first-order chi connectivity index (χ1) is 12.7. The van der Waals surface area contributed by atoms with Gasteiger partial charge < -0.3 is 15.4 Å². The van der Waals surface area contributed by atoms with Gasteiger partial charge in [0.2, 0.25) is 5.95 Å². The van der Waals surface area contributed by atoms with Crippen LogP contribution in [0.3, 0.4) is 0 Å². The summed E-state index contributed by atoms with van der Waals surface area (Å²) in [5, 5.41) is 6.08. The molecule has 7 nitrogen and oxygen atoms in total. The number of rotatable bonds is 5. The Labute approximate surface area is 152 Å². The maximum atomic E-state index is 12.4. The van der Waals surface area contributed by atoms with Gasteiger partial charge in [-0.3, -0.25) is 4.79 Å². The van der Waals surface area contributed by atoms with Crippen molar-refractivity contribution in [1.82, 2.24) is 9.97 Å². The molecule has 1 aliphatic carbocycles. The van der Waals surface area contributed by atoms with Gasteiger partial charge in [0.25, 0.3) is 5.91 Å². The first-order valence-electron chi connectivity index (χ1n) is 8.75. The van der Waals surface area contributed by atoms with Crippen LogP contribution in [0.1, 0.15) is 53.0 Å². The monoisotopic (exact) mass is 354 g/mol. The zero-order valence-corrected chi connectivity index (χ0v) is 14.7. The Balaban J connectivity index is 1.64. The van der Waals surface area contributed by atoms with Gasteiger partial charge >= 0.3 is 5.97 Å². The summed E-state index contributed by atoms with van der Waals surface area (Å²) in [6, 6.07) is 8.42. The van der Waals surface area contributed by atoms with E-state index >= 15 is 0 Å². The van der Waals surface area contributed by atoms with Gasteiger partial charge in [0, 0.05) is 17.9 Å². The Hall–Kier alpha value is -2.96. The number of methoxy groups -OCH3 is 1. The minimum absolute atomic E-state index is 0.287. The molecule has 3 rings (SSSR count). The van der Waals surface area contributed by atoms with Crippen molar-refractivity contribution >= 4 is 23.5 Å². The summed E-state index contributed by atoms with van der Waals surface area (Å²) in [7, 11) is 1.33. The highest BCUT2D eigenvalue weighted by atomic mass is 16.5. The number of hydrogen-bond acceptors (Lipinski definition) is 6. The first kappa shape index (κ1) is 17.8. The van der Waals surface area contributed by atoms with E-state index in [-0.39, 0.29) is 11.6 Å². The Morgan fingerprint density at radius 2 is 1.81 bits per heavy atom. The van der Waals surface area contributed by atoms with Gasteiger partial charge in [-0.2, -0.15) is 0 Å². The van der Waals surface area contributed by atoms with E-state index in [1.54, 1.807) is 36.5 Å². The number of carbonyl (C=O) groups excluding carboxylic acids is 2. The molecule has 0 unspecified atom stereocenters. The van der Waals surface area contributed by atoms with Crippen LogP contribution in [0.4, 0.5) is 11.6 Å². The van der Waals surface area contributed by atoms with Crippen molar-refractivity contribution in [2.24, 2.45) is 0 Å². The highest BCUT2D eigenvalue weighted by Crippen LogP contribution is 2.20. The van der Waals surface area contributed by atoms with Gasteiger partial charge in [0.05, 0.1) is 12.7 Å². The Kier molecular flexibility index (Phi) is 5.78. The summed E-state index contributed by atoms with van der Waals surface area (Å²) >= 11 is 0. The summed E-state index contributed by atoms with van der Waals surface area (Å²) in [6.45, 7) is 0. The van der Waals surface area contributed by atoms with Gasteiger partial charge in [-0.15, -0.1) is 0 Å². The first-order valence-corrected chi connectivity index (χ1v) is 8.75. The van der Waals surface area contributed by atoms with Crippen molar-refractivity contribution in [3.63, 3.8) is 0 Å². The van der Waals surface area contributed by atoms with Crippen LogP contribution in [-0.4, -0.2) is 35.0 Å². The molecule has 1 amide bonds. The number of carbonyl (C=O) groups is 2. The van der Waals surface area contributed by atoms with Crippen LogP contribution in [0.2, 0.25) is 0 Å². The molecule has 136 valence electrons.